The van der Waals surface area contributed by atoms with Crippen LogP contribution in [0.3, 0.4) is 0 Å². The molecule has 2 aromatic heterocycles. The zero-order chi connectivity index (χ0) is 11.4. The molecular weight excluding hydrogens is 202 g/mol. The van der Waals surface area contributed by atoms with Gasteiger partial charge in [0.25, 0.3) is 0 Å². The molecule has 2 aromatic rings. The first-order valence-corrected chi connectivity index (χ1v) is 5.38. The maximum atomic E-state index is 5.48. The molecule has 0 aliphatic heterocycles. The van der Waals surface area contributed by atoms with Crippen molar-refractivity contribution in [3.63, 3.8) is 0 Å². The van der Waals surface area contributed by atoms with Gasteiger partial charge < -0.3 is 9.73 Å². The average molecular weight is 217 g/mol. The van der Waals surface area contributed by atoms with Gasteiger partial charge in [0.05, 0.1) is 12.7 Å². The third-order valence-electron chi connectivity index (χ3n) is 2.28. The van der Waals surface area contributed by atoms with E-state index in [4.69, 9.17) is 4.42 Å². The highest BCUT2D eigenvalue weighted by atomic mass is 16.4. The molecule has 0 aliphatic rings. The summed E-state index contributed by atoms with van der Waals surface area (Å²) in [7, 11) is 0. The predicted molar refractivity (Wildman–Crippen MR) is 62.2 cm³/mol. The van der Waals surface area contributed by atoms with Crippen molar-refractivity contribution in [1.29, 1.82) is 0 Å². The second-order valence-electron chi connectivity index (χ2n) is 3.65. The van der Waals surface area contributed by atoms with Crippen LogP contribution in [0.5, 0.6) is 0 Å². The Morgan fingerprint density at radius 3 is 2.75 bits per heavy atom. The number of rotatable bonds is 4. The van der Waals surface area contributed by atoms with Crippen molar-refractivity contribution >= 4 is 5.82 Å². The Balaban J connectivity index is 1.94. The van der Waals surface area contributed by atoms with E-state index < -0.39 is 0 Å². The van der Waals surface area contributed by atoms with Crippen molar-refractivity contribution in [2.75, 3.05) is 5.32 Å². The topological polar surface area (TPSA) is 51.0 Å². The number of oxazole rings is 1. The highest BCUT2D eigenvalue weighted by Gasteiger charge is 2.02. The third kappa shape index (κ3) is 2.59. The average Bonchev–Trinajstić information content (AvgIpc) is 2.76. The van der Waals surface area contributed by atoms with Crippen LogP contribution in [0.4, 0.5) is 5.82 Å². The highest BCUT2D eigenvalue weighted by molar-refractivity contribution is 5.35. The van der Waals surface area contributed by atoms with Gasteiger partial charge in [0.15, 0.2) is 0 Å². The molecule has 0 spiro atoms. The van der Waals surface area contributed by atoms with Gasteiger partial charge in [0, 0.05) is 12.6 Å². The Kier molecular flexibility index (Phi) is 3.19. The number of hydrogen-bond acceptors (Lipinski definition) is 4. The summed E-state index contributed by atoms with van der Waals surface area (Å²) in [4.78, 5) is 8.40. The van der Waals surface area contributed by atoms with Crippen LogP contribution < -0.4 is 5.32 Å². The number of hydrogen-bond donors (Lipinski definition) is 1. The molecule has 2 heterocycles. The number of aryl methyl sites for hydroxylation is 2. The number of nitrogens with zero attached hydrogens (tertiary/aromatic N) is 2. The largest absolute Gasteiger partial charge is 0.444 e. The van der Waals surface area contributed by atoms with Gasteiger partial charge in [-0.3, -0.25) is 0 Å². The van der Waals surface area contributed by atoms with Crippen LogP contribution >= 0.6 is 0 Å². The summed E-state index contributed by atoms with van der Waals surface area (Å²) in [5, 5.41) is 3.16. The van der Waals surface area contributed by atoms with E-state index in [2.05, 4.69) is 15.3 Å². The van der Waals surface area contributed by atoms with E-state index in [0.29, 0.717) is 12.4 Å². The van der Waals surface area contributed by atoms with Crippen molar-refractivity contribution in [2.45, 2.75) is 26.8 Å². The molecule has 0 unspecified atom stereocenters. The Labute approximate surface area is 94.7 Å². The Bertz CT molecular complexity index is 448. The van der Waals surface area contributed by atoms with Gasteiger partial charge in [0.2, 0.25) is 5.89 Å². The Hall–Kier alpha value is -1.84. The van der Waals surface area contributed by atoms with Gasteiger partial charge in [-0.25, -0.2) is 9.97 Å². The van der Waals surface area contributed by atoms with Crippen LogP contribution in [-0.4, -0.2) is 9.97 Å². The minimum absolute atomic E-state index is 0.566. The zero-order valence-electron chi connectivity index (χ0n) is 9.53. The van der Waals surface area contributed by atoms with Crippen LogP contribution in [0.2, 0.25) is 0 Å². The van der Waals surface area contributed by atoms with Crippen molar-refractivity contribution in [3.05, 3.63) is 41.7 Å². The molecular formula is C12H15N3O. The molecule has 0 saturated carbocycles. The number of aromatic nitrogens is 2. The van der Waals surface area contributed by atoms with Crippen LogP contribution in [0.25, 0.3) is 0 Å². The summed E-state index contributed by atoms with van der Waals surface area (Å²) in [6.07, 6.45) is 4.46. The van der Waals surface area contributed by atoms with Gasteiger partial charge in [-0.15, -0.1) is 0 Å². The van der Waals surface area contributed by atoms with E-state index in [9.17, 15) is 0 Å². The van der Waals surface area contributed by atoms with Crippen molar-refractivity contribution in [1.82, 2.24) is 9.97 Å². The van der Waals surface area contributed by atoms with Crippen LogP contribution in [0.1, 0.15) is 24.1 Å². The number of pyridine rings is 1. The molecule has 4 nitrogen and oxygen atoms in total. The van der Waals surface area contributed by atoms with Crippen molar-refractivity contribution < 1.29 is 4.42 Å². The first kappa shape index (κ1) is 10.7. The minimum Gasteiger partial charge on any atom is -0.444 e. The molecule has 0 radical (unpaired) electrons. The molecule has 0 atom stereocenters. The second-order valence-corrected chi connectivity index (χ2v) is 3.65. The maximum absolute atomic E-state index is 5.48. The monoisotopic (exact) mass is 217 g/mol. The lowest BCUT2D eigenvalue weighted by Gasteiger charge is -2.02. The fourth-order valence-corrected chi connectivity index (χ4v) is 1.33. The van der Waals surface area contributed by atoms with Crippen molar-refractivity contribution in [2.24, 2.45) is 0 Å². The predicted octanol–water partition coefficient (Wildman–Crippen LogP) is 2.55. The smallest absolute Gasteiger partial charge is 0.213 e. The molecule has 2 rings (SSSR count). The summed E-state index contributed by atoms with van der Waals surface area (Å²) in [5.74, 6) is 2.44. The van der Waals surface area contributed by atoms with Crippen LogP contribution in [-0.2, 0) is 13.0 Å². The molecule has 16 heavy (non-hydrogen) atoms. The number of anilines is 1. The molecule has 0 bridgehead atoms. The molecule has 84 valence electrons. The van der Waals surface area contributed by atoms with Gasteiger partial charge in [-0.1, -0.05) is 13.0 Å². The SMILES string of the molecule is CCc1cnc(CNc2ccc(C)cn2)o1. The highest BCUT2D eigenvalue weighted by Crippen LogP contribution is 2.08. The molecule has 0 saturated heterocycles. The van der Waals surface area contributed by atoms with Crippen molar-refractivity contribution in [3.8, 4) is 0 Å². The van der Waals surface area contributed by atoms with Crippen LogP contribution in [0, 0.1) is 6.92 Å². The van der Waals surface area contributed by atoms with E-state index in [1.165, 1.54) is 0 Å². The normalized spacial score (nSPS) is 10.4. The number of nitrogens with one attached hydrogen (secondary N) is 1. The first-order valence-electron chi connectivity index (χ1n) is 5.38. The lowest BCUT2D eigenvalue weighted by Crippen LogP contribution is -2.01. The minimum atomic E-state index is 0.566. The fourth-order valence-electron chi connectivity index (χ4n) is 1.33. The summed E-state index contributed by atoms with van der Waals surface area (Å²) in [5.41, 5.74) is 1.15. The Morgan fingerprint density at radius 1 is 1.25 bits per heavy atom. The molecule has 4 heteroatoms. The maximum Gasteiger partial charge on any atom is 0.213 e. The second kappa shape index (κ2) is 4.79. The van der Waals surface area contributed by atoms with Gasteiger partial charge >= 0.3 is 0 Å². The van der Waals surface area contributed by atoms with Gasteiger partial charge in [-0.05, 0) is 18.6 Å². The van der Waals surface area contributed by atoms with E-state index in [0.717, 1.165) is 23.6 Å². The quantitative estimate of drug-likeness (QED) is 0.855. The van der Waals surface area contributed by atoms with Crippen LogP contribution in [0.15, 0.2) is 28.9 Å². The summed E-state index contributed by atoms with van der Waals surface area (Å²) >= 11 is 0. The summed E-state index contributed by atoms with van der Waals surface area (Å²) in [6, 6.07) is 3.96. The van der Waals surface area contributed by atoms with Gasteiger partial charge in [0.1, 0.15) is 11.6 Å². The molecule has 1 N–H and O–H groups in total. The van der Waals surface area contributed by atoms with E-state index in [1.807, 2.05) is 32.2 Å². The molecule has 0 fully saturated rings. The van der Waals surface area contributed by atoms with E-state index in [1.54, 1.807) is 6.20 Å². The lowest BCUT2D eigenvalue weighted by molar-refractivity contribution is 0.465. The summed E-state index contributed by atoms with van der Waals surface area (Å²) < 4.78 is 5.48. The summed E-state index contributed by atoms with van der Waals surface area (Å²) in [6.45, 7) is 4.62. The molecule has 0 amide bonds. The van der Waals surface area contributed by atoms with E-state index in [-0.39, 0.29) is 0 Å². The molecule has 0 aromatic carbocycles. The first-order chi connectivity index (χ1) is 7.78. The fraction of sp³-hybridized carbons (Fsp3) is 0.333. The Morgan fingerprint density at radius 2 is 2.12 bits per heavy atom. The van der Waals surface area contributed by atoms with Gasteiger partial charge in [-0.2, -0.15) is 0 Å². The zero-order valence-corrected chi connectivity index (χ0v) is 9.53. The third-order valence-corrected chi connectivity index (χ3v) is 2.28. The van der Waals surface area contributed by atoms with E-state index >= 15 is 0 Å². The standard InChI is InChI=1S/C12H15N3O/c1-3-10-7-15-12(16-10)8-14-11-5-4-9(2)6-13-11/h4-7H,3,8H2,1-2H3,(H,13,14). The lowest BCUT2D eigenvalue weighted by atomic mass is 10.3. The molecule has 0 aliphatic carbocycles.